The van der Waals surface area contributed by atoms with Gasteiger partial charge in [0, 0.05) is 11.4 Å². The normalized spacial score (nSPS) is 21.2. The molecule has 78 valence electrons. The smallest absolute Gasteiger partial charge is 0.251 e. The zero-order valence-corrected chi connectivity index (χ0v) is 8.57. The summed E-state index contributed by atoms with van der Waals surface area (Å²) < 4.78 is 0. The van der Waals surface area contributed by atoms with Gasteiger partial charge >= 0.3 is 0 Å². The van der Waals surface area contributed by atoms with Gasteiger partial charge in [0.2, 0.25) is 5.91 Å². The van der Waals surface area contributed by atoms with E-state index in [1.54, 1.807) is 24.3 Å². The Morgan fingerprint density at radius 3 is 2.67 bits per heavy atom. The van der Waals surface area contributed by atoms with Gasteiger partial charge in [0.15, 0.2) is 0 Å². The number of nitrogens with zero attached hydrogens (tertiary/aromatic N) is 1. The standard InChI is InChI=1S/C10H9ClN2O2/c11-7-3-1-2-6(4-7)8-5-9(14)13(12)10(8)15/h1-4,8H,5,12H2. The fourth-order valence-electron chi connectivity index (χ4n) is 1.63. The largest absolute Gasteiger partial charge is 0.273 e. The third kappa shape index (κ3) is 1.73. The third-order valence-corrected chi connectivity index (χ3v) is 2.67. The molecule has 1 atom stereocenters. The SMILES string of the molecule is NN1C(=O)CC(c2cccc(Cl)c2)C1=O. The summed E-state index contributed by atoms with van der Waals surface area (Å²) in [6, 6.07) is 6.90. The maximum Gasteiger partial charge on any atom is 0.251 e. The van der Waals surface area contributed by atoms with Gasteiger partial charge in [0.05, 0.1) is 5.92 Å². The van der Waals surface area contributed by atoms with Crippen molar-refractivity contribution in [3.8, 4) is 0 Å². The van der Waals surface area contributed by atoms with Crippen molar-refractivity contribution in [2.45, 2.75) is 12.3 Å². The van der Waals surface area contributed by atoms with Crippen LogP contribution >= 0.6 is 11.6 Å². The first-order chi connectivity index (χ1) is 7.09. The molecular weight excluding hydrogens is 216 g/mol. The summed E-state index contributed by atoms with van der Waals surface area (Å²) in [5.41, 5.74) is 0.730. The fraction of sp³-hybridized carbons (Fsp3) is 0.200. The van der Waals surface area contributed by atoms with E-state index in [1.807, 2.05) is 0 Å². The third-order valence-electron chi connectivity index (χ3n) is 2.43. The highest BCUT2D eigenvalue weighted by molar-refractivity contribution is 6.30. The molecule has 1 aromatic rings. The van der Waals surface area contributed by atoms with Gasteiger partial charge in [-0.2, -0.15) is 0 Å². The van der Waals surface area contributed by atoms with Gasteiger partial charge in [-0.25, -0.2) is 10.9 Å². The van der Waals surface area contributed by atoms with Gasteiger partial charge in [-0.3, -0.25) is 9.59 Å². The maximum atomic E-state index is 11.6. The van der Waals surface area contributed by atoms with Crippen LogP contribution in [0.3, 0.4) is 0 Å². The zero-order valence-electron chi connectivity index (χ0n) is 7.81. The Kier molecular flexibility index (Phi) is 2.46. The molecule has 0 spiro atoms. The molecule has 1 aromatic carbocycles. The van der Waals surface area contributed by atoms with Crippen LogP contribution in [0.1, 0.15) is 17.9 Å². The molecular formula is C10H9ClN2O2. The predicted octanol–water partition coefficient (Wildman–Crippen LogP) is 1.06. The van der Waals surface area contributed by atoms with E-state index in [1.165, 1.54) is 0 Å². The summed E-state index contributed by atoms with van der Waals surface area (Å²) in [7, 11) is 0. The highest BCUT2D eigenvalue weighted by atomic mass is 35.5. The summed E-state index contributed by atoms with van der Waals surface area (Å²) >= 11 is 5.80. The molecule has 5 heteroatoms. The van der Waals surface area contributed by atoms with Crippen LogP contribution in [0.5, 0.6) is 0 Å². The second kappa shape index (κ2) is 3.64. The summed E-state index contributed by atoms with van der Waals surface area (Å²) in [5, 5.41) is 1.22. The average Bonchev–Trinajstić information content (AvgIpc) is 2.46. The monoisotopic (exact) mass is 224 g/mol. The van der Waals surface area contributed by atoms with Crippen LogP contribution in [0.4, 0.5) is 0 Å². The van der Waals surface area contributed by atoms with Crippen LogP contribution in [-0.2, 0) is 9.59 Å². The highest BCUT2D eigenvalue weighted by Gasteiger charge is 2.37. The molecule has 2 rings (SSSR count). The van der Waals surface area contributed by atoms with Crippen molar-refractivity contribution in [3.63, 3.8) is 0 Å². The Bertz CT molecular complexity index is 433. The highest BCUT2D eigenvalue weighted by Crippen LogP contribution is 2.29. The number of carbonyl (C=O) groups is 2. The lowest BCUT2D eigenvalue weighted by atomic mass is 9.98. The molecule has 2 N–H and O–H groups in total. The summed E-state index contributed by atoms with van der Waals surface area (Å²) in [6.07, 6.45) is 0.121. The van der Waals surface area contributed by atoms with Crippen LogP contribution in [0.2, 0.25) is 5.02 Å². The van der Waals surface area contributed by atoms with Crippen molar-refractivity contribution in [1.82, 2.24) is 5.01 Å². The van der Waals surface area contributed by atoms with Crippen molar-refractivity contribution in [2.75, 3.05) is 0 Å². The Labute approximate surface area is 91.6 Å². The number of halogens is 1. The van der Waals surface area contributed by atoms with Crippen LogP contribution in [-0.4, -0.2) is 16.8 Å². The number of hydrogen-bond acceptors (Lipinski definition) is 3. The minimum Gasteiger partial charge on any atom is -0.273 e. The first-order valence-electron chi connectivity index (χ1n) is 4.46. The van der Waals surface area contributed by atoms with Crippen molar-refractivity contribution >= 4 is 23.4 Å². The molecule has 0 aliphatic carbocycles. The number of hydrazine groups is 1. The van der Waals surface area contributed by atoms with E-state index in [9.17, 15) is 9.59 Å². The van der Waals surface area contributed by atoms with Gasteiger partial charge in [-0.1, -0.05) is 23.7 Å². The van der Waals surface area contributed by atoms with Crippen LogP contribution in [0.15, 0.2) is 24.3 Å². The summed E-state index contributed by atoms with van der Waals surface area (Å²) in [4.78, 5) is 22.8. The van der Waals surface area contributed by atoms with E-state index >= 15 is 0 Å². The molecule has 2 amide bonds. The Balaban J connectivity index is 2.33. The van der Waals surface area contributed by atoms with Gasteiger partial charge in [0.1, 0.15) is 0 Å². The first kappa shape index (κ1) is 10.1. The van der Waals surface area contributed by atoms with Crippen LogP contribution in [0, 0.1) is 0 Å². The molecule has 0 radical (unpaired) electrons. The second-order valence-corrected chi connectivity index (χ2v) is 3.85. The summed E-state index contributed by atoms with van der Waals surface area (Å²) in [6.45, 7) is 0. The molecule has 1 unspecified atom stereocenters. The minimum atomic E-state index is -0.485. The Morgan fingerprint density at radius 2 is 2.13 bits per heavy atom. The molecule has 15 heavy (non-hydrogen) atoms. The van der Waals surface area contributed by atoms with E-state index in [4.69, 9.17) is 17.4 Å². The average molecular weight is 225 g/mol. The van der Waals surface area contributed by atoms with E-state index in [-0.39, 0.29) is 18.2 Å². The van der Waals surface area contributed by atoms with E-state index in [2.05, 4.69) is 0 Å². The Hall–Kier alpha value is -1.39. The topological polar surface area (TPSA) is 63.4 Å². The number of imide groups is 1. The quantitative estimate of drug-likeness (QED) is 0.441. The second-order valence-electron chi connectivity index (χ2n) is 3.41. The molecule has 1 saturated heterocycles. The number of rotatable bonds is 1. The predicted molar refractivity (Wildman–Crippen MR) is 54.9 cm³/mol. The van der Waals surface area contributed by atoms with E-state index in [0.29, 0.717) is 10.0 Å². The minimum absolute atomic E-state index is 0.121. The van der Waals surface area contributed by atoms with Crippen molar-refractivity contribution in [2.24, 2.45) is 5.84 Å². The van der Waals surface area contributed by atoms with E-state index < -0.39 is 5.92 Å². The molecule has 0 bridgehead atoms. The molecule has 1 aliphatic rings. The summed E-state index contributed by atoms with van der Waals surface area (Å²) in [5.74, 6) is 4.07. The molecule has 4 nitrogen and oxygen atoms in total. The van der Waals surface area contributed by atoms with Gasteiger partial charge in [-0.15, -0.1) is 0 Å². The number of carbonyl (C=O) groups excluding carboxylic acids is 2. The number of benzene rings is 1. The molecule has 1 fully saturated rings. The first-order valence-corrected chi connectivity index (χ1v) is 4.84. The number of hydrogen-bond donors (Lipinski definition) is 1. The molecule has 0 aromatic heterocycles. The van der Waals surface area contributed by atoms with Crippen molar-refractivity contribution < 1.29 is 9.59 Å². The Morgan fingerprint density at radius 1 is 1.40 bits per heavy atom. The van der Waals surface area contributed by atoms with E-state index in [0.717, 1.165) is 5.56 Å². The lowest BCUT2D eigenvalue weighted by Crippen LogP contribution is -2.36. The lowest BCUT2D eigenvalue weighted by Gasteiger charge is -2.08. The van der Waals surface area contributed by atoms with Crippen LogP contribution in [0.25, 0.3) is 0 Å². The fourth-order valence-corrected chi connectivity index (χ4v) is 1.83. The van der Waals surface area contributed by atoms with Crippen molar-refractivity contribution in [1.29, 1.82) is 0 Å². The zero-order chi connectivity index (χ0) is 11.0. The van der Waals surface area contributed by atoms with Gasteiger partial charge < -0.3 is 0 Å². The van der Waals surface area contributed by atoms with Gasteiger partial charge in [0.25, 0.3) is 5.91 Å². The van der Waals surface area contributed by atoms with Crippen molar-refractivity contribution in [3.05, 3.63) is 34.9 Å². The molecule has 1 aliphatic heterocycles. The van der Waals surface area contributed by atoms with Crippen LogP contribution < -0.4 is 5.84 Å². The number of nitrogens with two attached hydrogens (primary N) is 1. The van der Waals surface area contributed by atoms with Gasteiger partial charge in [-0.05, 0) is 17.7 Å². The maximum absolute atomic E-state index is 11.6. The molecule has 0 saturated carbocycles. The number of amides is 2. The lowest BCUT2D eigenvalue weighted by molar-refractivity contribution is -0.139. The molecule has 1 heterocycles.